The van der Waals surface area contributed by atoms with Gasteiger partial charge in [0.15, 0.2) is 5.71 Å². The van der Waals surface area contributed by atoms with Crippen molar-refractivity contribution in [2.24, 2.45) is 5.16 Å². The molecule has 0 amide bonds. The van der Waals surface area contributed by atoms with Crippen molar-refractivity contribution in [3.05, 3.63) is 35.4 Å². The molecule has 4 nitrogen and oxygen atoms in total. The van der Waals surface area contributed by atoms with Gasteiger partial charge in [0.05, 0.1) is 6.61 Å². The van der Waals surface area contributed by atoms with Crippen molar-refractivity contribution in [2.75, 3.05) is 6.61 Å². The molecule has 0 heterocycles. The van der Waals surface area contributed by atoms with Crippen LogP contribution < -0.4 is 0 Å². The van der Waals surface area contributed by atoms with E-state index in [1.54, 1.807) is 19.1 Å². The Balaban J connectivity index is 3.04. The summed E-state index contributed by atoms with van der Waals surface area (Å²) in [4.78, 5) is 11.4. The first-order valence-corrected chi connectivity index (χ1v) is 4.65. The molecule has 0 spiro atoms. The lowest BCUT2D eigenvalue weighted by atomic mass is 10.0. The van der Waals surface area contributed by atoms with Crippen LogP contribution in [0.3, 0.4) is 0 Å². The zero-order valence-corrected chi connectivity index (χ0v) is 8.73. The van der Waals surface area contributed by atoms with E-state index in [4.69, 9.17) is 9.94 Å². The lowest BCUT2D eigenvalue weighted by Gasteiger charge is -2.06. The smallest absolute Gasteiger partial charge is 0.361 e. The number of benzene rings is 1. The summed E-state index contributed by atoms with van der Waals surface area (Å²) < 4.78 is 4.77. The number of hydrogen-bond acceptors (Lipinski definition) is 4. The zero-order valence-electron chi connectivity index (χ0n) is 8.73. The van der Waals surface area contributed by atoms with Crippen LogP contribution in [0.1, 0.15) is 18.1 Å². The zero-order chi connectivity index (χ0) is 11.3. The van der Waals surface area contributed by atoms with Crippen LogP contribution in [0.4, 0.5) is 0 Å². The quantitative estimate of drug-likeness (QED) is 0.355. The number of carbonyl (C=O) groups is 1. The fourth-order valence-corrected chi connectivity index (χ4v) is 1.24. The van der Waals surface area contributed by atoms with E-state index in [1.807, 2.05) is 19.1 Å². The molecular formula is C11H13NO3. The number of hydrogen-bond donors (Lipinski definition) is 1. The lowest BCUT2D eigenvalue weighted by molar-refractivity contribution is -0.135. The van der Waals surface area contributed by atoms with Crippen molar-refractivity contribution in [1.29, 1.82) is 0 Å². The summed E-state index contributed by atoms with van der Waals surface area (Å²) in [6.07, 6.45) is 0. The van der Waals surface area contributed by atoms with Gasteiger partial charge in [0.1, 0.15) is 0 Å². The Morgan fingerprint density at radius 2 is 2.13 bits per heavy atom. The van der Waals surface area contributed by atoms with Crippen LogP contribution in [0.5, 0.6) is 0 Å². The molecule has 0 unspecified atom stereocenters. The van der Waals surface area contributed by atoms with Crippen molar-refractivity contribution < 1.29 is 14.7 Å². The van der Waals surface area contributed by atoms with Gasteiger partial charge in [-0.2, -0.15) is 0 Å². The summed E-state index contributed by atoms with van der Waals surface area (Å²) in [5.74, 6) is -0.616. The van der Waals surface area contributed by atoms with Gasteiger partial charge in [-0.15, -0.1) is 0 Å². The molecule has 15 heavy (non-hydrogen) atoms. The van der Waals surface area contributed by atoms with Gasteiger partial charge in [-0.3, -0.25) is 0 Å². The number of carbonyl (C=O) groups excluding carboxylic acids is 1. The molecule has 0 bridgehead atoms. The standard InChI is InChI=1S/C11H13NO3/c1-3-15-11(13)10(12-14)9-7-5-4-6-8(9)2/h4-7,14H,3H2,1-2H3/b12-10-. The molecule has 1 N–H and O–H groups in total. The highest BCUT2D eigenvalue weighted by atomic mass is 16.5. The number of ether oxygens (including phenoxy) is 1. The molecule has 0 saturated heterocycles. The summed E-state index contributed by atoms with van der Waals surface area (Å²) >= 11 is 0. The monoisotopic (exact) mass is 207 g/mol. The molecule has 0 aliphatic carbocycles. The third kappa shape index (κ3) is 2.56. The minimum atomic E-state index is -0.616. The maximum atomic E-state index is 11.4. The minimum Gasteiger partial charge on any atom is -0.461 e. The molecule has 0 saturated carbocycles. The van der Waals surface area contributed by atoms with Crippen molar-refractivity contribution in [1.82, 2.24) is 0 Å². The largest absolute Gasteiger partial charge is 0.461 e. The van der Waals surface area contributed by atoms with Crippen LogP contribution in [0, 0.1) is 6.92 Å². The fourth-order valence-electron chi connectivity index (χ4n) is 1.24. The summed E-state index contributed by atoms with van der Waals surface area (Å²) in [5.41, 5.74) is 1.38. The van der Waals surface area contributed by atoms with Crippen molar-refractivity contribution in [3.63, 3.8) is 0 Å². The molecular weight excluding hydrogens is 194 g/mol. The Morgan fingerprint density at radius 3 is 2.67 bits per heavy atom. The molecule has 0 radical (unpaired) electrons. The lowest BCUT2D eigenvalue weighted by Crippen LogP contribution is -2.19. The molecule has 4 heteroatoms. The number of aryl methyl sites for hydroxylation is 1. The van der Waals surface area contributed by atoms with Gasteiger partial charge in [-0.1, -0.05) is 29.4 Å². The summed E-state index contributed by atoms with van der Waals surface area (Å²) in [6, 6.07) is 7.16. The Labute approximate surface area is 88.2 Å². The van der Waals surface area contributed by atoms with E-state index in [2.05, 4.69) is 5.16 Å². The van der Waals surface area contributed by atoms with Gasteiger partial charge < -0.3 is 9.94 Å². The number of oxime groups is 1. The second kappa shape index (κ2) is 5.14. The minimum absolute atomic E-state index is 0.0602. The first-order valence-electron chi connectivity index (χ1n) is 4.65. The third-order valence-electron chi connectivity index (χ3n) is 1.97. The first-order chi connectivity index (χ1) is 7.20. The normalized spacial score (nSPS) is 11.2. The van der Waals surface area contributed by atoms with E-state index in [0.29, 0.717) is 5.56 Å². The Morgan fingerprint density at radius 1 is 1.47 bits per heavy atom. The molecule has 0 fully saturated rings. The van der Waals surface area contributed by atoms with Gasteiger partial charge in [-0.05, 0) is 19.4 Å². The molecule has 0 aliphatic rings. The van der Waals surface area contributed by atoms with E-state index in [1.165, 1.54) is 0 Å². The summed E-state index contributed by atoms with van der Waals surface area (Å²) in [7, 11) is 0. The third-order valence-corrected chi connectivity index (χ3v) is 1.97. The maximum Gasteiger partial charge on any atom is 0.361 e. The van der Waals surface area contributed by atoms with Gasteiger partial charge >= 0.3 is 5.97 Å². The van der Waals surface area contributed by atoms with Crippen molar-refractivity contribution >= 4 is 11.7 Å². The Bertz CT molecular complexity index is 385. The van der Waals surface area contributed by atoms with E-state index < -0.39 is 5.97 Å². The fraction of sp³-hybridized carbons (Fsp3) is 0.273. The van der Waals surface area contributed by atoms with E-state index in [9.17, 15) is 4.79 Å². The van der Waals surface area contributed by atoms with Crippen LogP contribution in [0.15, 0.2) is 29.4 Å². The molecule has 1 rings (SSSR count). The average Bonchev–Trinajstić information content (AvgIpc) is 2.22. The molecule has 80 valence electrons. The van der Waals surface area contributed by atoms with Crippen molar-refractivity contribution in [3.8, 4) is 0 Å². The molecule has 0 aliphatic heterocycles. The topological polar surface area (TPSA) is 58.9 Å². The molecule has 1 aromatic rings. The van der Waals surface area contributed by atoms with Crippen LogP contribution in [0.25, 0.3) is 0 Å². The molecule has 0 aromatic heterocycles. The number of nitrogens with zero attached hydrogens (tertiary/aromatic N) is 1. The van der Waals surface area contributed by atoms with Crippen LogP contribution in [0.2, 0.25) is 0 Å². The van der Waals surface area contributed by atoms with Gasteiger partial charge in [0.2, 0.25) is 0 Å². The van der Waals surface area contributed by atoms with Crippen LogP contribution in [-0.4, -0.2) is 23.5 Å². The summed E-state index contributed by atoms with van der Waals surface area (Å²) in [6.45, 7) is 3.79. The molecule has 0 atom stereocenters. The average molecular weight is 207 g/mol. The highest BCUT2D eigenvalue weighted by Crippen LogP contribution is 2.09. The Kier molecular flexibility index (Phi) is 3.85. The SMILES string of the molecule is CCOC(=O)/C(=N\O)c1ccccc1C. The predicted molar refractivity (Wildman–Crippen MR) is 56.1 cm³/mol. The Hall–Kier alpha value is -1.84. The van der Waals surface area contributed by atoms with E-state index >= 15 is 0 Å². The first kappa shape index (κ1) is 11.2. The number of rotatable bonds is 3. The van der Waals surface area contributed by atoms with Crippen LogP contribution in [-0.2, 0) is 9.53 Å². The number of esters is 1. The molecule has 1 aromatic carbocycles. The predicted octanol–water partition coefficient (Wildman–Crippen LogP) is 1.74. The van der Waals surface area contributed by atoms with E-state index in [-0.39, 0.29) is 12.3 Å². The van der Waals surface area contributed by atoms with Crippen molar-refractivity contribution in [2.45, 2.75) is 13.8 Å². The van der Waals surface area contributed by atoms with Gasteiger partial charge in [-0.25, -0.2) is 4.79 Å². The second-order valence-corrected chi connectivity index (χ2v) is 2.98. The van der Waals surface area contributed by atoms with Crippen LogP contribution >= 0.6 is 0 Å². The van der Waals surface area contributed by atoms with E-state index in [0.717, 1.165) is 5.56 Å². The second-order valence-electron chi connectivity index (χ2n) is 2.98. The van der Waals surface area contributed by atoms with Gasteiger partial charge in [0, 0.05) is 5.56 Å². The summed E-state index contributed by atoms with van der Waals surface area (Å²) in [5, 5.41) is 11.8. The highest BCUT2D eigenvalue weighted by molar-refractivity contribution is 6.43. The highest BCUT2D eigenvalue weighted by Gasteiger charge is 2.17. The van der Waals surface area contributed by atoms with Gasteiger partial charge in [0.25, 0.3) is 0 Å². The maximum absolute atomic E-state index is 11.4.